The number of Topliss-reactive ketones (excluding diaryl/α,β-unsaturated/α-hetero) is 1. The number of carbonyl (C=O) groups is 2. The molecule has 1 aromatic rings. The zero-order valence-electron chi connectivity index (χ0n) is 17.1. The van der Waals surface area contributed by atoms with Gasteiger partial charge in [0.2, 0.25) is 5.88 Å². The van der Waals surface area contributed by atoms with E-state index < -0.39 is 11.9 Å². The molecule has 0 spiro atoms. The van der Waals surface area contributed by atoms with E-state index in [0.717, 1.165) is 4.47 Å². The van der Waals surface area contributed by atoms with Crippen molar-refractivity contribution in [1.29, 1.82) is 5.26 Å². The average molecular weight is 475 g/mol. The van der Waals surface area contributed by atoms with Gasteiger partial charge in [-0.25, -0.2) is 4.79 Å². The Morgan fingerprint density at radius 2 is 2.13 bits per heavy atom. The maximum Gasteiger partial charge on any atom is 0.344 e. The van der Waals surface area contributed by atoms with E-state index >= 15 is 0 Å². The Morgan fingerprint density at radius 3 is 2.80 bits per heavy atom. The largest absolute Gasteiger partial charge is 0.482 e. The summed E-state index contributed by atoms with van der Waals surface area (Å²) in [7, 11) is 0. The van der Waals surface area contributed by atoms with Crippen molar-refractivity contribution in [2.45, 2.75) is 39.5 Å². The highest BCUT2D eigenvalue weighted by atomic mass is 79.9. The molecule has 1 atom stereocenters. The van der Waals surface area contributed by atoms with Crippen molar-refractivity contribution in [2.75, 3.05) is 13.2 Å². The summed E-state index contributed by atoms with van der Waals surface area (Å²) in [4.78, 5) is 24.9. The minimum atomic E-state index is -0.739. The van der Waals surface area contributed by atoms with Gasteiger partial charge in [-0.05, 0) is 30.5 Å². The standard InChI is InChI=1S/C22H23BrN2O5/c1-4-28-18(27)11-29-16-6-5-12(23)7-13(16)19-14(10-24)21(25)30-17-9-22(2,3)8-15(26)20(17)19/h5-7,19H,4,8-9,11,25H2,1-3H3/t19-/m1/s1. The van der Waals surface area contributed by atoms with Crippen molar-refractivity contribution in [2.24, 2.45) is 11.1 Å². The summed E-state index contributed by atoms with van der Waals surface area (Å²) in [6.45, 7) is 5.63. The molecule has 0 saturated heterocycles. The molecule has 1 heterocycles. The van der Waals surface area contributed by atoms with Crippen molar-refractivity contribution in [1.82, 2.24) is 0 Å². The summed E-state index contributed by atoms with van der Waals surface area (Å²) in [5.41, 5.74) is 6.91. The van der Waals surface area contributed by atoms with Gasteiger partial charge in [-0.15, -0.1) is 0 Å². The van der Waals surface area contributed by atoms with Crippen LogP contribution < -0.4 is 10.5 Å². The van der Waals surface area contributed by atoms with Crippen molar-refractivity contribution in [3.63, 3.8) is 0 Å². The number of allylic oxidation sites excluding steroid dienone is 3. The highest BCUT2D eigenvalue weighted by Gasteiger charge is 2.43. The maximum atomic E-state index is 13.1. The number of rotatable bonds is 5. The lowest BCUT2D eigenvalue weighted by molar-refractivity contribution is -0.145. The third-order valence-electron chi connectivity index (χ3n) is 5.01. The molecule has 0 aromatic heterocycles. The van der Waals surface area contributed by atoms with Gasteiger partial charge >= 0.3 is 5.97 Å². The number of ether oxygens (including phenoxy) is 3. The summed E-state index contributed by atoms with van der Waals surface area (Å²) in [6, 6.07) is 7.28. The van der Waals surface area contributed by atoms with E-state index in [1.54, 1.807) is 25.1 Å². The van der Waals surface area contributed by atoms with Crippen LogP contribution in [0.1, 0.15) is 45.1 Å². The molecule has 1 aliphatic heterocycles. The third kappa shape index (κ3) is 4.36. The third-order valence-corrected chi connectivity index (χ3v) is 5.50. The maximum absolute atomic E-state index is 13.1. The molecular formula is C22H23BrN2O5. The molecular weight excluding hydrogens is 452 g/mol. The first-order chi connectivity index (χ1) is 14.2. The van der Waals surface area contributed by atoms with Crippen molar-refractivity contribution in [3.05, 3.63) is 51.0 Å². The van der Waals surface area contributed by atoms with Gasteiger partial charge in [0.25, 0.3) is 0 Å². The fraction of sp³-hybridized carbons (Fsp3) is 0.409. The quantitative estimate of drug-likeness (QED) is 0.644. The lowest BCUT2D eigenvalue weighted by Gasteiger charge is -2.37. The first kappa shape index (κ1) is 21.9. The van der Waals surface area contributed by atoms with E-state index in [0.29, 0.717) is 35.5 Å². The van der Waals surface area contributed by atoms with Crippen LogP contribution in [-0.4, -0.2) is 25.0 Å². The molecule has 2 aliphatic rings. The molecule has 158 valence electrons. The van der Waals surface area contributed by atoms with Gasteiger partial charge in [-0.2, -0.15) is 5.26 Å². The van der Waals surface area contributed by atoms with E-state index in [1.807, 2.05) is 13.8 Å². The lowest BCUT2D eigenvalue weighted by Crippen LogP contribution is -2.33. The van der Waals surface area contributed by atoms with Crippen molar-refractivity contribution < 1.29 is 23.8 Å². The van der Waals surface area contributed by atoms with Crippen LogP contribution in [0.4, 0.5) is 0 Å². The average Bonchev–Trinajstić information content (AvgIpc) is 2.65. The van der Waals surface area contributed by atoms with Crippen LogP contribution in [0.25, 0.3) is 0 Å². The number of hydrogen-bond acceptors (Lipinski definition) is 7. The number of hydrogen-bond donors (Lipinski definition) is 1. The van der Waals surface area contributed by atoms with Gasteiger partial charge < -0.3 is 19.9 Å². The van der Waals surface area contributed by atoms with Gasteiger partial charge in [0.1, 0.15) is 23.2 Å². The van der Waals surface area contributed by atoms with E-state index in [2.05, 4.69) is 22.0 Å². The minimum absolute atomic E-state index is 0.0249. The molecule has 1 aliphatic carbocycles. The summed E-state index contributed by atoms with van der Waals surface area (Å²) in [5, 5.41) is 9.79. The summed E-state index contributed by atoms with van der Waals surface area (Å²) in [5.74, 6) is -0.524. The lowest BCUT2D eigenvalue weighted by atomic mass is 9.70. The van der Waals surface area contributed by atoms with Gasteiger partial charge in [0.05, 0.1) is 12.5 Å². The molecule has 2 N–H and O–H groups in total. The van der Waals surface area contributed by atoms with E-state index in [4.69, 9.17) is 19.9 Å². The van der Waals surface area contributed by atoms with Crippen molar-refractivity contribution in [3.8, 4) is 11.8 Å². The van der Waals surface area contributed by atoms with Crippen LogP contribution in [0.2, 0.25) is 0 Å². The number of nitriles is 1. The first-order valence-corrected chi connectivity index (χ1v) is 10.4. The molecule has 7 nitrogen and oxygen atoms in total. The van der Waals surface area contributed by atoms with Crippen LogP contribution in [0.5, 0.6) is 5.75 Å². The molecule has 0 radical (unpaired) electrons. The normalized spacial score (nSPS) is 20.2. The van der Waals surface area contributed by atoms with Crippen LogP contribution in [0.3, 0.4) is 0 Å². The number of esters is 1. The number of nitrogens with zero attached hydrogens (tertiary/aromatic N) is 1. The topological polar surface area (TPSA) is 112 Å². The molecule has 1 aromatic carbocycles. The predicted molar refractivity (Wildman–Crippen MR) is 112 cm³/mol. The minimum Gasteiger partial charge on any atom is -0.482 e. The zero-order chi connectivity index (χ0) is 22.1. The summed E-state index contributed by atoms with van der Waals surface area (Å²) >= 11 is 3.44. The first-order valence-electron chi connectivity index (χ1n) is 9.58. The Labute approximate surface area is 183 Å². The van der Waals surface area contributed by atoms with Gasteiger partial charge in [0.15, 0.2) is 12.4 Å². The molecule has 0 fully saturated rings. The Bertz CT molecular complexity index is 1000. The Hall–Kier alpha value is -2.79. The second kappa shape index (κ2) is 8.52. The monoisotopic (exact) mass is 474 g/mol. The fourth-order valence-electron chi connectivity index (χ4n) is 3.81. The highest BCUT2D eigenvalue weighted by molar-refractivity contribution is 9.10. The molecule has 0 unspecified atom stereocenters. The number of carbonyl (C=O) groups excluding carboxylic acids is 2. The summed E-state index contributed by atoms with van der Waals surface area (Å²) < 4.78 is 17.1. The van der Waals surface area contributed by atoms with Crippen LogP contribution in [0, 0.1) is 16.7 Å². The molecule has 0 amide bonds. The Balaban J connectivity index is 2.11. The summed E-state index contributed by atoms with van der Waals surface area (Å²) in [6.07, 6.45) is 0.855. The van der Waals surface area contributed by atoms with Gasteiger partial charge in [0, 0.05) is 28.5 Å². The highest BCUT2D eigenvalue weighted by Crippen LogP contribution is 2.49. The number of nitrogens with two attached hydrogens (primary N) is 1. The van der Waals surface area contributed by atoms with Crippen LogP contribution in [-0.2, 0) is 19.1 Å². The number of ketones is 1. The van der Waals surface area contributed by atoms with Crippen molar-refractivity contribution >= 4 is 27.7 Å². The van der Waals surface area contributed by atoms with E-state index in [1.165, 1.54) is 0 Å². The molecule has 0 bridgehead atoms. The predicted octanol–water partition coefficient (Wildman–Crippen LogP) is 3.84. The van der Waals surface area contributed by atoms with Gasteiger partial charge in [-0.3, -0.25) is 4.79 Å². The van der Waals surface area contributed by atoms with E-state index in [-0.39, 0.29) is 35.9 Å². The molecule has 3 rings (SSSR count). The second-order valence-corrected chi connectivity index (χ2v) is 8.89. The number of halogens is 1. The van der Waals surface area contributed by atoms with Gasteiger partial charge in [-0.1, -0.05) is 29.8 Å². The fourth-order valence-corrected chi connectivity index (χ4v) is 4.19. The van der Waals surface area contributed by atoms with E-state index in [9.17, 15) is 14.9 Å². The Kier molecular flexibility index (Phi) is 6.22. The smallest absolute Gasteiger partial charge is 0.344 e. The SMILES string of the molecule is CCOC(=O)COc1ccc(Br)cc1[C@@H]1C(C#N)=C(N)OC2=C1C(=O)CC(C)(C)C2. The second-order valence-electron chi connectivity index (χ2n) is 7.98. The molecule has 30 heavy (non-hydrogen) atoms. The molecule has 8 heteroatoms. The van der Waals surface area contributed by atoms with Crippen LogP contribution in [0.15, 0.2) is 45.5 Å². The molecule has 0 saturated carbocycles. The Morgan fingerprint density at radius 1 is 1.40 bits per heavy atom. The van der Waals surface area contributed by atoms with Crippen LogP contribution >= 0.6 is 15.9 Å². The number of benzene rings is 1. The zero-order valence-corrected chi connectivity index (χ0v) is 18.7.